The maximum atomic E-state index is 13.9. The third-order valence-electron chi connectivity index (χ3n) is 4.12. The molecule has 2 heterocycles. The number of carbonyl (C=O) groups is 1. The maximum Gasteiger partial charge on any atom is 0.274 e. The van der Waals surface area contributed by atoms with Crippen molar-refractivity contribution in [1.82, 2.24) is 14.8 Å². The second-order valence-corrected chi connectivity index (χ2v) is 6.93. The largest absolute Gasteiger partial charge is 0.335 e. The van der Waals surface area contributed by atoms with Gasteiger partial charge in [0, 0.05) is 43.3 Å². The van der Waals surface area contributed by atoms with Gasteiger partial charge in [0.25, 0.3) is 5.91 Å². The van der Waals surface area contributed by atoms with E-state index in [9.17, 15) is 9.18 Å². The van der Waals surface area contributed by atoms with Crippen LogP contribution in [-0.4, -0.2) is 46.9 Å². The van der Waals surface area contributed by atoms with Crippen LogP contribution in [0.3, 0.4) is 0 Å². The first-order chi connectivity index (χ1) is 12.0. The quantitative estimate of drug-likeness (QED) is 0.724. The zero-order valence-electron chi connectivity index (χ0n) is 13.2. The van der Waals surface area contributed by atoms with E-state index in [0.29, 0.717) is 43.3 Å². The molecule has 2 aromatic rings. The summed E-state index contributed by atoms with van der Waals surface area (Å²) in [5.74, 6) is -0.572. The molecule has 25 heavy (non-hydrogen) atoms. The average molecular weight is 403 g/mol. The summed E-state index contributed by atoms with van der Waals surface area (Å²) in [7, 11) is 0. The molecule has 1 amide bonds. The Morgan fingerprint density at radius 1 is 1.04 bits per heavy atom. The molecule has 132 valence electrons. The molecule has 1 aromatic carbocycles. The number of halogens is 4. The summed E-state index contributed by atoms with van der Waals surface area (Å²) in [6, 6.07) is 7.75. The lowest BCUT2D eigenvalue weighted by molar-refractivity contribution is 0.0621. The van der Waals surface area contributed by atoms with Gasteiger partial charge in [-0.1, -0.05) is 40.9 Å². The molecule has 1 aliphatic rings. The molecule has 1 fully saturated rings. The number of pyridine rings is 1. The van der Waals surface area contributed by atoms with Crippen molar-refractivity contribution in [1.29, 1.82) is 0 Å². The molecule has 3 rings (SSSR count). The van der Waals surface area contributed by atoms with Crippen LogP contribution in [0.1, 0.15) is 16.1 Å². The van der Waals surface area contributed by atoms with E-state index < -0.39 is 0 Å². The molecule has 1 saturated heterocycles. The minimum absolute atomic E-state index is 0.153. The van der Waals surface area contributed by atoms with Crippen LogP contribution in [0.5, 0.6) is 0 Å². The summed E-state index contributed by atoms with van der Waals surface area (Å²) in [6.45, 7) is 2.61. The Hall–Kier alpha value is -1.40. The molecule has 0 aliphatic carbocycles. The molecule has 0 bridgehead atoms. The van der Waals surface area contributed by atoms with E-state index in [2.05, 4.69) is 9.88 Å². The van der Waals surface area contributed by atoms with Gasteiger partial charge in [-0.2, -0.15) is 0 Å². The predicted octanol–water partition coefficient (Wildman–Crippen LogP) is 4.14. The van der Waals surface area contributed by atoms with Gasteiger partial charge in [-0.05, 0) is 24.3 Å². The Morgan fingerprint density at radius 3 is 2.44 bits per heavy atom. The van der Waals surface area contributed by atoms with Crippen molar-refractivity contribution < 1.29 is 9.18 Å². The van der Waals surface area contributed by atoms with E-state index in [1.165, 1.54) is 12.1 Å². The van der Waals surface area contributed by atoms with Crippen LogP contribution in [0.15, 0.2) is 30.3 Å². The average Bonchev–Trinajstić information content (AvgIpc) is 2.60. The standard InChI is InChI=1S/C17H15Cl3FN3O/c18-12-2-1-3-14(21)11(12)10-23-6-8-24(9-7-23)17(25)16-13(19)4-5-15(20)22-16/h1-5H,6-10H2. The summed E-state index contributed by atoms with van der Waals surface area (Å²) < 4.78 is 13.9. The smallest absolute Gasteiger partial charge is 0.274 e. The van der Waals surface area contributed by atoms with Crippen LogP contribution >= 0.6 is 34.8 Å². The first-order valence-corrected chi connectivity index (χ1v) is 8.85. The number of rotatable bonds is 3. The van der Waals surface area contributed by atoms with Gasteiger partial charge in [0.2, 0.25) is 0 Å². The highest BCUT2D eigenvalue weighted by molar-refractivity contribution is 6.34. The lowest BCUT2D eigenvalue weighted by atomic mass is 10.1. The molecule has 0 saturated carbocycles. The zero-order valence-corrected chi connectivity index (χ0v) is 15.5. The lowest BCUT2D eigenvalue weighted by Gasteiger charge is -2.34. The normalized spacial score (nSPS) is 15.4. The Morgan fingerprint density at radius 2 is 1.76 bits per heavy atom. The van der Waals surface area contributed by atoms with Gasteiger partial charge in [-0.15, -0.1) is 0 Å². The van der Waals surface area contributed by atoms with Crippen molar-refractivity contribution in [3.05, 3.63) is 62.6 Å². The fourth-order valence-electron chi connectivity index (χ4n) is 2.73. The van der Waals surface area contributed by atoms with Crippen LogP contribution in [0.25, 0.3) is 0 Å². The van der Waals surface area contributed by atoms with Gasteiger partial charge in [-0.25, -0.2) is 9.37 Å². The van der Waals surface area contributed by atoms with E-state index in [1.807, 2.05) is 0 Å². The number of piperazine rings is 1. The van der Waals surface area contributed by atoms with Gasteiger partial charge in [0.15, 0.2) is 0 Å². The second-order valence-electron chi connectivity index (χ2n) is 5.73. The molecule has 8 heteroatoms. The summed E-state index contributed by atoms with van der Waals surface area (Å²) in [4.78, 5) is 20.3. The summed E-state index contributed by atoms with van der Waals surface area (Å²) in [5, 5.41) is 0.906. The summed E-state index contributed by atoms with van der Waals surface area (Å²) in [6.07, 6.45) is 0. The summed E-state index contributed by atoms with van der Waals surface area (Å²) in [5.41, 5.74) is 0.628. The molecule has 4 nitrogen and oxygen atoms in total. The van der Waals surface area contributed by atoms with Crippen molar-refractivity contribution in [3.63, 3.8) is 0 Å². The van der Waals surface area contributed by atoms with Crippen molar-refractivity contribution >= 4 is 40.7 Å². The lowest BCUT2D eigenvalue weighted by Crippen LogP contribution is -2.48. The minimum atomic E-state index is -0.319. The molecular weight excluding hydrogens is 388 g/mol. The molecule has 0 radical (unpaired) electrons. The van der Waals surface area contributed by atoms with Gasteiger partial charge in [0.05, 0.1) is 5.02 Å². The SMILES string of the molecule is O=C(c1nc(Cl)ccc1Cl)N1CCN(Cc2c(F)cccc2Cl)CC1. The number of amides is 1. The number of aromatic nitrogens is 1. The fourth-order valence-corrected chi connectivity index (χ4v) is 3.29. The molecule has 0 atom stereocenters. The van der Waals surface area contributed by atoms with Crippen LogP contribution < -0.4 is 0 Å². The highest BCUT2D eigenvalue weighted by atomic mass is 35.5. The maximum absolute atomic E-state index is 13.9. The van der Waals surface area contributed by atoms with Gasteiger partial charge in [-0.3, -0.25) is 9.69 Å². The first-order valence-electron chi connectivity index (χ1n) is 7.72. The first kappa shape index (κ1) is 18.4. The molecule has 0 N–H and O–H groups in total. The highest BCUT2D eigenvalue weighted by Crippen LogP contribution is 2.22. The minimum Gasteiger partial charge on any atom is -0.335 e. The second kappa shape index (κ2) is 7.87. The number of nitrogens with zero attached hydrogens (tertiary/aromatic N) is 3. The van der Waals surface area contributed by atoms with Crippen molar-refractivity contribution in [3.8, 4) is 0 Å². The Labute approximate surface area is 160 Å². The van der Waals surface area contributed by atoms with Gasteiger partial charge >= 0.3 is 0 Å². The van der Waals surface area contributed by atoms with E-state index in [4.69, 9.17) is 34.8 Å². The topological polar surface area (TPSA) is 36.4 Å². The Balaban J connectivity index is 1.64. The molecule has 0 spiro atoms. The van der Waals surface area contributed by atoms with Crippen LogP contribution in [0.4, 0.5) is 4.39 Å². The predicted molar refractivity (Wildman–Crippen MR) is 96.8 cm³/mol. The third kappa shape index (κ3) is 4.23. The van der Waals surface area contributed by atoms with Crippen molar-refractivity contribution in [2.75, 3.05) is 26.2 Å². The molecule has 0 unspecified atom stereocenters. The highest BCUT2D eigenvalue weighted by Gasteiger charge is 2.25. The number of hydrogen-bond donors (Lipinski definition) is 0. The van der Waals surface area contributed by atoms with E-state index in [0.717, 1.165) is 0 Å². The number of hydrogen-bond acceptors (Lipinski definition) is 3. The Kier molecular flexibility index (Phi) is 5.79. The van der Waals surface area contributed by atoms with E-state index in [-0.39, 0.29) is 27.6 Å². The van der Waals surface area contributed by atoms with Crippen molar-refractivity contribution in [2.45, 2.75) is 6.54 Å². The van der Waals surface area contributed by atoms with E-state index in [1.54, 1.807) is 23.1 Å². The molecule has 1 aliphatic heterocycles. The zero-order chi connectivity index (χ0) is 18.0. The number of carbonyl (C=O) groups excluding carboxylic acids is 1. The molecule has 1 aromatic heterocycles. The van der Waals surface area contributed by atoms with Crippen LogP contribution in [0.2, 0.25) is 15.2 Å². The fraction of sp³-hybridized carbons (Fsp3) is 0.294. The van der Waals surface area contributed by atoms with Crippen LogP contribution in [-0.2, 0) is 6.54 Å². The summed E-state index contributed by atoms with van der Waals surface area (Å²) >= 11 is 18.0. The van der Waals surface area contributed by atoms with Gasteiger partial charge in [0.1, 0.15) is 16.7 Å². The number of benzene rings is 1. The van der Waals surface area contributed by atoms with Gasteiger partial charge < -0.3 is 4.90 Å². The Bertz CT molecular complexity index is 774. The monoisotopic (exact) mass is 401 g/mol. The third-order valence-corrected chi connectivity index (χ3v) is 4.99. The van der Waals surface area contributed by atoms with Crippen molar-refractivity contribution in [2.24, 2.45) is 0 Å². The van der Waals surface area contributed by atoms with E-state index >= 15 is 0 Å². The van der Waals surface area contributed by atoms with Crippen LogP contribution in [0, 0.1) is 5.82 Å². The molecular formula is C17H15Cl3FN3O.